The van der Waals surface area contributed by atoms with Crippen LogP contribution in [-0.4, -0.2) is 25.5 Å². The lowest BCUT2D eigenvalue weighted by Crippen LogP contribution is -2.40. The van der Waals surface area contributed by atoms with Gasteiger partial charge in [0.2, 0.25) is 5.91 Å². The van der Waals surface area contributed by atoms with Crippen molar-refractivity contribution < 1.29 is 9.53 Å². The topological polar surface area (TPSA) is 74.8 Å². The molecule has 0 aromatic heterocycles. The third kappa shape index (κ3) is 5.22. The Balaban J connectivity index is 1.37. The van der Waals surface area contributed by atoms with E-state index in [4.69, 9.17) is 4.74 Å². The molecular weight excluding hydrogens is 388 g/mol. The number of rotatable bonds is 6. The van der Waals surface area contributed by atoms with E-state index in [1.807, 2.05) is 72.8 Å². The first-order valence-electron chi connectivity index (χ1n) is 10.4. The fraction of sp³-hybridized carbons (Fsp3) is 0.200. The molecule has 31 heavy (non-hydrogen) atoms. The van der Waals surface area contributed by atoms with Gasteiger partial charge in [-0.15, -0.1) is 0 Å². The van der Waals surface area contributed by atoms with Crippen LogP contribution in [0.25, 0.3) is 0 Å². The van der Waals surface area contributed by atoms with E-state index < -0.39 is 0 Å². The van der Waals surface area contributed by atoms with Crippen LogP contribution in [-0.2, 0) is 11.3 Å². The van der Waals surface area contributed by atoms with E-state index in [9.17, 15) is 4.79 Å². The van der Waals surface area contributed by atoms with Crippen LogP contribution < -0.4 is 20.7 Å². The first-order valence-corrected chi connectivity index (χ1v) is 10.4. The molecule has 3 aromatic carbocycles. The second-order valence-corrected chi connectivity index (χ2v) is 7.37. The van der Waals surface area contributed by atoms with Gasteiger partial charge >= 0.3 is 0 Å². The van der Waals surface area contributed by atoms with Gasteiger partial charge in [0.1, 0.15) is 11.5 Å². The summed E-state index contributed by atoms with van der Waals surface area (Å²) < 4.78 is 6.04. The van der Waals surface area contributed by atoms with Gasteiger partial charge in [-0.25, -0.2) is 0 Å². The van der Waals surface area contributed by atoms with Crippen LogP contribution in [0, 0.1) is 0 Å². The number of carbonyl (C=O) groups excluding carboxylic acids is 1. The van der Waals surface area contributed by atoms with Crippen LogP contribution in [0.5, 0.6) is 11.5 Å². The Hall–Kier alpha value is -3.80. The Morgan fingerprint density at radius 3 is 2.58 bits per heavy atom. The van der Waals surface area contributed by atoms with Crippen LogP contribution in [0.1, 0.15) is 23.5 Å². The molecule has 0 radical (unpaired) electrons. The Labute approximate surface area is 182 Å². The molecule has 3 N–H and O–H groups in total. The Morgan fingerprint density at radius 1 is 1.00 bits per heavy atom. The van der Waals surface area contributed by atoms with Gasteiger partial charge in [0.15, 0.2) is 5.96 Å². The average Bonchev–Trinajstić information content (AvgIpc) is 2.80. The van der Waals surface area contributed by atoms with Crippen molar-refractivity contribution in [3.8, 4) is 11.5 Å². The molecule has 0 spiro atoms. The van der Waals surface area contributed by atoms with Crippen molar-refractivity contribution in [1.82, 2.24) is 10.6 Å². The quantitative estimate of drug-likeness (QED) is 0.416. The van der Waals surface area contributed by atoms with E-state index in [-0.39, 0.29) is 11.8 Å². The van der Waals surface area contributed by atoms with Crippen LogP contribution in [0.3, 0.4) is 0 Å². The van der Waals surface area contributed by atoms with Crippen LogP contribution in [0.15, 0.2) is 83.9 Å². The highest BCUT2D eigenvalue weighted by Crippen LogP contribution is 2.31. The van der Waals surface area contributed by atoms with Crippen molar-refractivity contribution in [3.63, 3.8) is 0 Å². The zero-order valence-corrected chi connectivity index (χ0v) is 17.5. The smallest absolute Gasteiger partial charge is 0.225 e. The average molecular weight is 415 g/mol. The number of para-hydroxylation sites is 3. The SMILES string of the molecule is CN=C(NCc1ccccc1Oc1ccccc1)NCC1CC(=O)Nc2ccccc21. The van der Waals surface area contributed by atoms with E-state index in [0.29, 0.717) is 25.5 Å². The van der Waals surface area contributed by atoms with Gasteiger partial charge in [0.25, 0.3) is 0 Å². The maximum absolute atomic E-state index is 12.1. The normalized spacial score (nSPS) is 15.6. The number of nitrogens with zero attached hydrogens (tertiary/aromatic N) is 1. The van der Waals surface area contributed by atoms with E-state index >= 15 is 0 Å². The zero-order valence-electron chi connectivity index (χ0n) is 17.5. The second-order valence-electron chi connectivity index (χ2n) is 7.37. The minimum atomic E-state index is 0.0421. The third-order valence-electron chi connectivity index (χ3n) is 5.24. The summed E-state index contributed by atoms with van der Waals surface area (Å²) in [5, 5.41) is 9.64. The van der Waals surface area contributed by atoms with Gasteiger partial charge in [-0.2, -0.15) is 0 Å². The molecule has 0 saturated heterocycles. The molecular formula is C25H26N4O2. The molecule has 1 heterocycles. The predicted molar refractivity (Wildman–Crippen MR) is 124 cm³/mol. The molecule has 1 unspecified atom stereocenters. The number of aliphatic imine (C=N–C) groups is 1. The number of ether oxygens (including phenoxy) is 1. The van der Waals surface area contributed by atoms with Crippen LogP contribution in [0.4, 0.5) is 5.69 Å². The lowest BCUT2D eigenvalue weighted by atomic mass is 9.90. The molecule has 1 atom stereocenters. The molecule has 1 aliphatic rings. The number of nitrogens with one attached hydrogen (secondary N) is 3. The van der Waals surface area contributed by atoms with Crippen molar-refractivity contribution >= 4 is 17.6 Å². The van der Waals surface area contributed by atoms with E-state index in [1.165, 1.54) is 0 Å². The van der Waals surface area contributed by atoms with Crippen LogP contribution >= 0.6 is 0 Å². The third-order valence-corrected chi connectivity index (χ3v) is 5.24. The number of guanidine groups is 1. The minimum absolute atomic E-state index is 0.0421. The van der Waals surface area contributed by atoms with Gasteiger partial charge in [-0.1, -0.05) is 54.6 Å². The Kier molecular flexibility index (Phi) is 6.47. The summed E-state index contributed by atoms with van der Waals surface area (Å²) in [4.78, 5) is 16.4. The summed E-state index contributed by atoms with van der Waals surface area (Å²) in [6, 6.07) is 25.6. The number of anilines is 1. The van der Waals surface area contributed by atoms with E-state index in [2.05, 4.69) is 27.0 Å². The number of benzene rings is 3. The van der Waals surface area contributed by atoms with Crippen molar-refractivity contribution in [2.75, 3.05) is 18.9 Å². The molecule has 0 bridgehead atoms. The highest BCUT2D eigenvalue weighted by molar-refractivity contribution is 5.94. The number of carbonyl (C=O) groups is 1. The molecule has 158 valence electrons. The fourth-order valence-corrected chi connectivity index (χ4v) is 3.67. The number of fused-ring (bicyclic) bond motifs is 1. The van der Waals surface area contributed by atoms with Gasteiger partial charge in [-0.3, -0.25) is 9.79 Å². The summed E-state index contributed by atoms with van der Waals surface area (Å²) in [5.41, 5.74) is 3.06. The zero-order chi connectivity index (χ0) is 21.5. The first-order chi connectivity index (χ1) is 15.2. The molecule has 1 aliphatic heterocycles. The summed E-state index contributed by atoms with van der Waals surface area (Å²) in [5.74, 6) is 2.41. The molecule has 3 aromatic rings. The summed E-state index contributed by atoms with van der Waals surface area (Å²) >= 11 is 0. The molecule has 1 amide bonds. The molecule has 6 heteroatoms. The number of hydrogen-bond acceptors (Lipinski definition) is 3. The Bertz CT molecular complexity index is 1070. The highest BCUT2D eigenvalue weighted by Gasteiger charge is 2.24. The Morgan fingerprint density at radius 2 is 1.74 bits per heavy atom. The molecule has 0 saturated carbocycles. The van der Waals surface area contributed by atoms with Crippen molar-refractivity contribution in [1.29, 1.82) is 0 Å². The van der Waals surface area contributed by atoms with Gasteiger partial charge in [0.05, 0.1) is 0 Å². The maximum atomic E-state index is 12.1. The monoisotopic (exact) mass is 414 g/mol. The molecule has 4 rings (SSSR count). The number of amides is 1. The maximum Gasteiger partial charge on any atom is 0.225 e. The van der Waals surface area contributed by atoms with Crippen molar-refractivity contribution in [2.45, 2.75) is 18.9 Å². The predicted octanol–water partition coefficient (Wildman–Crippen LogP) is 4.27. The minimum Gasteiger partial charge on any atom is -0.457 e. The summed E-state index contributed by atoms with van der Waals surface area (Å²) in [6.07, 6.45) is 0.453. The highest BCUT2D eigenvalue weighted by atomic mass is 16.5. The van der Waals surface area contributed by atoms with Crippen molar-refractivity contribution in [2.24, 2.45) is 4.99 Å². The second kappa shape index (κ2) is 9.80. The van der Waals surface area contributed by atoms with Crippen LogP contribution in [0.2, 0.25) is 0 Å². The van der Waals surface area contributed by atoms with Gasteiger partial charge in [-0.05, 0) is 29.8 Å². The fourth-order valence-electron chi connectivity index (χ4n) is 3.67. The largest absolute Gasteiger partial charge is 0.457 e. The van der Waals surface area contributed by atoms with Crippen molar-refractivity contribution in [3.05, 3.63) is 90.0 Å². The lowest BCUT2D eigenvalue weighted by molar-refractivity contribution is -0.116. The molecule has 0 fully saturated rings. The van der Waals surface area contributed by atoms with E-state index in [0.717, 1.165) is 28.3 Å². The van der Waals surface area contributed by atoms with E-state index in [1.54, 1.807) is 7.05 Å². The standard InChI is InChI=1S/C25H26N4O2/c1-26-25(28-17-19-15-24(30)29-22-13-7-6-12-21(19)22)27-16-18-9-5-8-14-23(18)31-20-10-3-2-4-11-20/h2-14,19H,15-17H2,1H3,(H,29,30)(H2,26,27,28). The lowest BCUT2D eigenvalue weighted by Gasteiger charge is -2.26. The molecule has 0 aliphatic carbocycles. The van der Waals surface area contributed by atoms with Gasteiger partial charge in [0, 0.05) is 43.7 Å². The van der Waals surface area contributed by atoms with Gasteiger partial charge < -0.3 is 20.7 Å². The number of hydrogen-bond donors (Lipinski definition) is 3. The summed E-state index contributed by atoms with van der Waals surface area (Å²) in [6.45, 7) is 1.18. The molecule has 6 nitrogen and oxygen atoms in total. The summed E-state index contributed by atoms with van der Waals surface area (Å²) in [7, 11) is 1.74. The first kappa shape index (κ1) is 20.5.